The average molecular weight is 1020 g/mol. The summed E-state index contributed by atoms with van der Waals surface area (Å²) >= 11 is -1.99. The first-order valence-electron chi connectivity index (χ1n) is 20.1. The van der Waals surface area contributed by atoms with Crippen LogP contribution in [-0.4, -0.2) is 32.8 Å². The molecular formula is C52H42GeIrN4O2-2. The Hall–Kier alpha value is -5.86. The third-order valence-electron chi connectivity index (χ3n) is 11.2. The fourth-order valence-corrected chi connectivity index (χ4v) is 11.8. The SMILES string of the molecule is Cc1ccc2c(n1)oc1c(-c3cc(C(C)C)[c]([Ge]([CH3])([CH3])[CH3])cn3)[c-]ccc12.[Ir].[c-]1ccc2c(oc3ccccc32)c1-c1nc2ccccc2n1-c1ccc2ccccc2c1. The van der Waals surface area contributed by atoms with Crippen molar-refractivity contribution in [2.75, 3.05) is 0 Å². The van der Waals surface area contributed by atoms with E-state index in [1.165, 1.54) is 20.7 Å². The molecule has 0 atom stereocenters. The first-order valence-corrected chi connectivity index (χ1v) is 27.5. The molecule has 0 unspecified atom stereocenters. The molecule has 0 amide bonds. The zero-order valence-corrected chi connectivity index (χ0v) is 38.8. The van der Waals surface area contributed by atoms with Gasteiger partial charge in [0.2, 0.25) is 0 Å². The van der Waals surface area contributed by atoms with Gasteiger partial charge in [-0.2, -0.15) is 0 Å². The molecule has 0 aliphatic rings. The van der Waals surface area contributed by atoms with Gasteiger partial charge in [-0.25, -0.2) is 0 Å². The minimum Gasteiger partial charge on any atom is -0.501 e. The number of hydrogen-bond acceptors (Lipinski definition) is 5. The maximum absolute atomic E-state index is 6.31. The second-order valence-electron chi connectivity index (χ2n) is 16.5. The number of aromatic nitrogens is 4. The Kier molecular flexibility index (Phi) is 10.3. The fraction of sp³-hybridized carbons (Fsp3) is 0.135. The second-order valence-corrected chi connectivity index (χ2v) is 27.1. The van der Waals surface area contributed by atoms with E-state index in [1.807, 2.05) is 55.5 Å². The Bertz CT molecular complexity index is 3390. The third-order valence-corrected chi connectivity index (χ3v) is 15.4. The Labute approximate surface area is 365 Å². The molecule has 0 saturated carbocycles. The molecule has 297 valence electrons. The van der Waals surface area contributed by atoms with Crippen molar-refractivity contribution in [1.82, 2.24) is 19.5 Å². The van der Waals surface area contributed by atoms with Crippen LogP contribution in [0.3, 0.4) is 0 Å². The minimum atomic E-state index is -1.99. The van der Waals surface area contributed by atoms with E-state index < -0.39 is 13.3 Å². The summed E-state index contributed by atoms with van der Waals surface area (Å²) < 4.78 is 16.1. The van der Waals surface area contributed by atoms with Gasteiger partial charge in [0.05, 0.1) is 22.4 Å². The number of para-hydroxylation sites is 3. The molecule has 8 heteroatoms. The standard InChI is InChI=1S/C29H17N2O.C23H25GeN2O.Ir/c1-2-9-20-18-21(17-16-19(20)8-1)31-26-14-5-4-13-25(26)30-29(31)24-12-7-11-23-22-10-3-6-15-27(22)32-28(23)24;1-14(2)19-12-21(25-13-20(19)24(4,5)6)18-9-7-8-16-17-11-10-15(3)26-23(17)27-22(16)18;/h1-11,13-18H;7-8,10-14H,1-6H3;/q2*-1;. The molecular weight excluding hydrogens is 977 g/mol. The molecule has 0 fully saturated rings. The largest absolute Gasteiger partial charge is 0.501 e. The molecule has 5 aromatic heterocycles. The first-order chi connectivity index (χ1) is 28.6. The van der Waals surface area contributed by atoms with Crippen molar-refractivity contribution < 1.29 is 28.9 Å². The van der Waals surface area contributed by atoms with Crippen molar-refractivity contribution in [3.05, 3.63) is 163 Å². The Balaban J connectivity index is 0.000000154. The molecule has 11 rings (SSSR count). The van der Waals surface area contributed by atoms with Gasteiger partial charge in [-0.05, 0) is 41.1 Å². The van der Waals surface area contributed by atoms with Crippen LogP contribution in [-0.2, 0) is 20.1 Å². The van der Waals surface area contributed by atoms with Gasteiger partial charge in [0.1, 0.15) is 5.58 Å². The summed E-state index contributed by atoms with van der Waals surface area (Å²) in [5.74, 6) is 8.55. The van der Waals surface area contributed by atoms with Crippen LogP contribution in [0.25, 0.3) is 94.1 Å². The minimum absolute atomic E-state index is 0. The van der Waals surface area contributed by atoms with Gasteiger partial charge >= 0.3 is 163 Å². The Morgan fingerprint density at radius 3 is 2.15 bits per heavy atom. The summed E-state index contributed by atoms with van der Waals surface area (Å²) in [5.41, 5.74) is 11.3. The number of pyridine rings is 2. The van der Waals surface area contributed by atoms with Gasteiger partial charge in [-0.15, -0.1) is 18.2 Å². The number of rotatable bonds is 5. The van der Waals surface area contributed by atoms with Crippen LogP contribution in [0, 0.1) is 19.1 Å². The molecule has 11 aromatic rings. The molecule has 0 N–H and O–H groups in total. The molecule has 5 heterocycles. The zero-order valence-electron chi connectivity index (χ0n) is 34.3. The van der Waals surface area contributed by atoms with Crippen molar-refractivity contribution >= 4 is 83.5 Å². The number of furan rings is 2. The summed E-state index contributed by atoms with van der Waals surface area (Å²) in [6.07, 6.45) is 2.10. The van der Waals surface area contributed by atoms with E-state index in [4.69, 9.17) is 18.8 Å². The quantitative estimate of drug-likeness (QED) is 0.127. The van der Waals surface area contributed by atoms with Crippen molar-refractivity contribution in [3.8, 4) is 28.3 Å². The number of aryl methyl sites for hydroxylation is 1. The molecule has 1 radical (unpaired) electrons. The van der Waals surface area contributed by atoms with Crippen LogP contribution in [0.5, 0.6) is 0 Å². The van der Waals surface area contributed by atoms with Crippen molar-refractivity contribution in [3.63, 3.8) is 0 Å². The van der Waals surface area contributed by atoms with Crippen LogP contribution in [0.1, 0.15) is 31.0 Å². The molecule has 0 aliphatic carbocycles. The van der Waals surface area contributed by atoms with Crippen molar-refractivity contribution in [2.24, 2.45) is 0 Å². The molecule has 0 spiro atoms. The molecule has 0 bridgehead atoms. The topological polar surface area (TPSA) is 69.9 Å². The normalized spacial score (nSPS) is 11.8. The summed E-state index contributed by atoms with van der Waals surface area (Å²) in [5, 5.41) is 6.69. The predicted molar refractivity (Wildman–Crippen MR) is 246 cm³/mol. The van der Waals surface area contributed by atoms with E-state index in [0.717, 1.165) is 83.4 Å². The van der Waals surface area contributed by atoms with Gasteiger partial charge in [0.25, 0.3) is 0 Å². The van der Waals surface area contributed by atoms with Gasteiger partial charge < -0.3 is 8.98 Å². The Morgan fingerprint density at radius 1 is 0.650 bits per heavy atom. The maximum atomic E-state index is 6.31. The molecule has 0 saturated heterocycles. The predicted octanol–water partition coefficient (Wildman–Crippen LogP) is 13.4. The van der Waals surface area contributed by atoms with E-state index in [-0.39, 0.29) is 20.1 Å². The number of imidazole rings is 1. The monoisotopic (exact) mass is 1020 g/mol. The number of hydrogen-bond donors (Lipinski definition) is 0. The van der Waals surface area contributed by atoms with Gasteiger partial charge in [0.15, 0.2) is 0 Å². The van der Waals surface area contributed by atoms with E-state index in [2.05, 4.69) is 144 Å². The van der Waals surface area contributed by atoms with E-state index in [0.29, 0.717) is 11.6 Å². The number of fused-ring (bicyclic) bond motifs is 8. The van der Waals surface area contributed by atoms with E-state index in [1.54, 1.807) is 0 Å². The van der Waals surface area contributed by atoms with Gasteiger partial charge in [-0.1, -0.05) is 71.6 Å². The maximum Gasteiger partial charge on any atom is 0.120 e. The smallest absolute Gasteiger partial charge is 0.120 e. The van der Waals surface area contributed by atoms with Crippen molar-refractivity contribution in [1.29, 1.82) is 0 Å². The van der Waals surface area contributed by atoms with Crippen LogP contribution in [0.15, 0.2) is 148 Å². The third kappa shape index (κ3) is 6.94. The van der Waals surface area contributed by atoms with E-state index >= 15 is 0 Å². The first kappa shape index (κ1) is 39.6. The van der Waals surface area contributed by atoms with Gasteiger partial charge in [-0.3, -0.25) is 4.98 Å². The summed E-state index contributed by atoms with van der Waals surface area (Å²) in [7, 11) is 0. The average Bonchev–Trinajstić information content (AvgIpc) is 3.94. The molecule has 60 heavy (non-hydrogen) atoms. The summed E-state index contributed by atoms with van der Waals surface area (Å²) in [6.45, 7) is 6.50. The number of benzene rings is 6. The Morgan fingerprint density at radius 2 is 1.35 bits per heavy atom. The van der Waals surface area contributed by atoms with Crippen LogP contribution < -0.4 is 4.40 Å². The van der Waals surface area contributed by atoms with Crippen LogP contribution in [0.4, 0.5) is 0 Å². The summed E-state index contributed by atoms with van der Waals surface area (Å²) in [6, 6.07) is 52.5. The molecule has 6 nitrogen and oxygen atoms in total. The second kappa shape index (κ2) is 15.6. The van der Waals surface area contributed by atoms with Gasteiger partial charge in [0, 0.05) is 31.2 Å². The van der Waals surface area contributed by atoms with Crippen molar-refractivity contribution in [2.45, 2.75) is 44.0 Å². The fourth-order valence-electron chi connectivity index (χ4n) is 8.24. The van der Waals surface area contributed by atoms with Crippen LogP contribution in [0.2, 0.25) is 17.3 Å². The van der Waals surface area contributed by atoms with E-state index in [9.17, 15) is 0 Å². The molecule has 0 aliphatic heterocycles. The summed E-state index contributed by atoms with van der Waals surface area (Å²) in [4.78, 5) is 14.4. The molecule has 6 aromatic carbocycles. The number of nitrogens with zero attached hydrogens (tertiary/aromatic N) is 4. The van der Waals surface area contributed by atoms with Crippen LogP contribution >= 0.6 is 0 Å². The zero-order chi connectivity index (χ0) is 40.4.